The summed E-state index contributed by atoms with van der Waals surface area (Å²) in [6.45, 7) is 7.66. The van der Waals surface area contributed by atoms with E-state index in [-0.39, 0.29) is 0 Å². The van der Waals surface area contributed by atoms with Gasteiger partial charge in [-0.25, -0.2) is 9.83 Å². The van der Waals surface area contributed by atoms with Gasteiger partial charge in [0.2, 0.25) is 5.95 Å². The van der Waals surface area contributed by atoms with Crippen LogP contribution >= 0.6 is 0 Å². The molecule has 0 saturated heterocycles. The van der Waals surface area contributed by atoms with E-state index in [0.717, 1.165) is 32.9 Å². The molecule has 0 amide bonds. The van der Waals surface area contributed by atoms with Gasteiger partial charge in [0.05, 0.1) is 17.6 Å². The minimum Gasteiger partial charge on any atom is -0.278 e. The molecule has 0 aliphatic heterocycles. The molecule has 6 heteroatoms. The topological polar surface area (TPSA) is 48.0 Å². The van der Waals surface area contributed by atoms with Crippen molar-refractivity contribution in [2.75, 3.05) is 0 Å². The van der Waals surface area contributed by atoms with Crippen molar-refractivity contribution in [1.29, 1.82) is 0 Å². The Morgan fingerprint density at radius 2 is 0.923 bits per heavy atom. The number of hydrogen-bond donors (Lipinski definition) is 0. The molecule has 2 aromatic heterocycles. The fraction of sp³-hybridized carbons (Fsp3) is 0. The van der Waals surface area contributed by atoms with E-state index in [1.807, 2.05) is 60.7 Å². The Labute approximate surface area is 303 Å². The lowest BCUT2D eigenvalue weighted by atomic mass is 10.1. The Hall–Kier alpha value is -6.94. The van der Waals surface area contributed by atoms with E-state index in [2.05, 4.69) is 137 Å². The second-order valence-electron chi connectivity index (χ2n) is 12.7. The van der Waals surface area contributed by atoms with Gasteiger partial charge in [-0.15, -0.1) is 0 Å². The van der Waals surface area contributed by atoms with Crippen molar-refractivity contribution < 1.29 is 0 Å². The molecule has 7 aromatic carbocycles. The molecule has 9 rings (SSSR count). The van der Waals surface area contributed by atoms with Crippen LogP contribution in [0.2, 0.25) is 0 Å². The minimum atomic E-state index is -2.79. The maximum Gasteiger partial charge on any atom is 0.238 e. The molecule has 0 bridgehead atoms. The number of rotatable bonds is 7. The highest BCUT2D eigenvalue weighted by Gasteiger charge is 2.41. The third kappa shape index (κ3) is 5.20. The molecule has 9 aromatic rings. The zero-order chi connectivity index (χ0) is 34.9. The van der Waals surface area contributed by atoms with Gasteiger partial charge in [-0.3, -0.25) is 4.57 Å². The van der Waals surface area contributed by atoms with Gasteiger partial charge < -0.3 is 0 Å². The summed E-state index contributed by atoms with van der Waals surface area (Å²) < 4.78 is 2.09. The van der Waals surface area contributed by atoms with Gasteiger partial charge in [0.15, 0.2) is 25.4 Å². The lowest BCUT2D eigenvalue weighted by Crippen LogP contribution is -2.74. The number of fused-ring (bicyclic) bond motifs is 3. The van der Waals surface area contributed by atoms with Crippen molar-refractivity contribution >= 4 is 56.3 Å². The van der Waals surface area contributed by atoms with E-state index in [9.17, 15) is 0 Å². The van der Waals surface area contributed by atoms with Crippen LogP contribution in [0.3, 0.4) is 0 Å². The van der Waals surface area contributed by atoms with Crippen molar-refractivity contribution in [2.24, 2.45) is 0 Å². The standard InChI is InChI=1S/C46H31N5Si/c1-47-35-29-30-43-41(32-35)40-27-14-15-28-42(40)51(43)46-49-44(33-17-6-2-7-18-33)48-45(50-46)34-19-16-26-39(31-34)52(36-20-8-3-9-21-36,37-22-10-4-11-23-37)38-24-12-5-13-25-38/h2-32H. The quantitative estimate of drug-likeness (QED) is 0.0968. The second kappa shape index (κ2) is 13.1. The van der Waals surface area contributed by atoms with Crippen LogP contribution in [0.5, 0.6) is 0 Å². The molecule has 0 spiro atoms. The summed E-state index contributed by atoms with van der Waals surface area (Å²) in [6, 6.07) is 65.7. The van der Waals surface area contributed by atoms with Crippen LogP contribution in [0.4, 0.5) is 5.69 Å². The molecular weight excluding hydrogens is 651 g/mol. The highest BCUT2D eigenvalue weighted by atomic mass is 28.3. The minimum absolute atomic E-state index is 0.522. The van der Waals surface area contributed by atoms with Crippen LogP contribution in [0.15, 0.2) is 188 Å². The average molecular weight is 682 g/mol. The van der Waals surface area contributed by atoms with Gasteiger partial charge in [0.25, 0.3) is 0 Å². The smallest absolute Gasteiger partial charge is 0.238 e. The Kier molecular flexibility index (Phi) is 7.81. The van der Waals surface area contributed by atoms with Crippen molar-refractivity contribution in [2.45, 2.75) is 0 Å². The third-order valence-corrected chi connectivity index (χ3v) is 14.6. The predicted molar refractivity (Wildman–Crippen MR) is 215 cm³/mol. The number of aromatic nitrogens is 4. The highest BCUT2D eigenvalue weighted by Crippen LogP contribution is 2.34. The first-order valence-corrected chi connectivity index (χ1v) is 19.2. The Morgan fingerprint density at radius 1 is 0.423 bits per heavy atom. The average Bonchev–Trinajstić information content (AvgIpc) is 3.56. The molecule has 2 heterocycles. The van der Waals surface area contributed by atoms with Crippen molar-refractivity contribution in [3.63, 3.8) is 0 Å². The van der Waals surface area contributed by atoms with Gasteiger partial charge in [0, 0.05) is 16.5 Å². The maximum atomic E-state index is 7.66. The molecule has 0 unspecified atom stereocenters. The number of benzene rings is 7. The summed E-state index contributed by atoms with van der Waals surface area (Å²) >= 11 is 0. The van der Waals surface area contributed by atoms with Crippen molar-refractivity contribution in [3.05, 3.63) is 199 Å². The summed E-state index contributed by atoms with van der Waals surface area (Å²) in [6.07, 6.45) is 0. The second-order valence-corrected chi connectivity index (χ2v) is 16.6. The SMILES string of the molecule is [C-]#[N+]c1ccc2c(c1)c1ccccc1n2-c1nc(-c2ccccc2)nc(-c2cccc([Si](c3ccccc3)(c3ccccc3)c3ccccc3)c2)n1. The largest absolute Gasteiger partial charge is 0.278 e. The molecule has 244 valence electrons. The molecule has 0 aliphatic rings. The predicted octanol–water partition coefficient (Wildman–Crippen LogP) is 8.23. The third-order valence-electron chi connectivity index (χ3n) is 9.82. The normalized spacial score (nSPS) is 11.4. The summed E-state index contributed by atoms with van der Waals surface area (Å²) in [7, 11) is -2.79. The van der Waals surface area contributed by atoms with Gasteiger partial charge in [-0.05, 0) is 44.3 Å². The van der Waals surface area contributed by atoms with E-state index < -0.39 is 8.07 Å². The van der Waals surface area contributed by atoms with Gasteiger partial charge >= 0.3 is 0 Å². The molecular formula is C46H31N5Si. The van der Waals surface area contributed by atoms with E-state index in [0.29, 0.717) is 23.3 Å². The molecule has 0 N–H and O–H groups in total. The van der Waals surface area contributed by atoms with E-state index in [1.165, 1.54) is 20.7 Å². The maximum absolute atomic E-state index is 7.66. The van der Waals surface area contributed by atoms with Crippen molar-refractivity contribution in [1.82, 2.24) is 19.5 Å². The lowest BCUT2D eigenvalue weighted by Gasteiger charge is -2.34. The van der Waals surface area contributed by atoms with Gasteiger partial charge in [0.1, 0.15) is 0 Å². The first-order valence-electron chi connectivity index (χ1n) is 17.2. The summed E-state index contributed by atoms with van der Waals surface area (Å²) in [5, 5.41) is 7.16. The summed E-state index contributed by atoms with van der Waals surface area (Å²) in [4.78, 5) is 19.2. The summed E-state index contributed by atoms with van der Waals surface area (Å²) in [5.41, 5.74) is 4.31. The van der Waals surface area contributed by atoms with Crippen molar-refractivity contribution in [3.8, 4) is 28.7 Å². The fourth-order valence-corrected chi connectivity index (χ4v) is 12.3. The van der Waals surface area contributed by atoms with Crippen LogP contribution in [0, 0.1) is 6.57 Å². The van der Waals surface area contributed by atoms with E-state index in [4.69, 9.17) is 21.5 Å². The summed E-state index contributed by atoms with van der Waals surface area (Å²) in [5.74, 6) is 1.70. The molecule has 0 aliphatic carbocycles. The molecule has 0 atom stereocenters. The van der Waals surface area contributed by atoms with E-state index in [1.54, 1.807) is 0 Å². The Morgan fingerprint density at radius 3 is 1.54 bits per heavy atom. The van der Waals surface area contributed by atoms with Gasteiger partial charge in [-0.2, -0.15) is 9.97 Å². The van der Waals surface area contributed by atoms with E-state index >= 15 is 0 Å². The first kappa shape index (κ1) is 31.1. The molecule has 0 fully saturated rings. The lowest BCUT2D eigenvalue weighted by molar-refractivity contribution is 0.953. The molecule has 5 nitrogen and oxygen atoms in total. The number of hydrogen-bond acceptors (Lipinski definition) is 3. The first-order chi connectivity index (χ1) is 25.7. The monoisotopic (exact) mass is 681 g/mol. The van der Waals surface area contributed by atoms with Crippen LogP contribution in [-0.2, 0) is 0 Å². The molecule has 0 saturated carbocycles. The highest BCUT2D eigenvalue weighted by molar-refractivity contribution is 7.19. The Balaban J connectivity index is 1.32. The van der Waals surface area contributed by atoms with Crippen LogP contribution in [0.25, 0.3) is 55.4 Å². The number of nitrogens with zero attached hydrogens (tertiary/aromatic N) is 5. The van der Waals surface area contributed by atoms with Gasteiger partial charge in [-0.1, -0.05) is 170 Å². The molecule has 0 radical (unpaired) electrons. The fourth-order valence-electron chi connectivity index (χ4n) is 7.51. The van der Waals surface area contributed by atoms with Crippen LogP contribution in [0.1, 0.15) is 0 Å². The van der Waals surface area contributed by atoms with Crippen LogP contribution < -0.4 is 20.7 Å². The zero-order valence-electron chi connectivity index (χ0n) is 28.1. The van der Waals surface area contributed by atoms with Crippen LogP contribution in [-0.4, -0.2) is 27.6 Å². The number of para-hydroxylation sites is 1. The Bertz CT molecular complexity index is 2640. The molecule has 52 heavy (non-hydrogen) atoms. The zero-order valence-corrected chi connectivity index (χ0v) is 29.1.